The molecule has 0 atom stereocenters. The van der Waals surface area contributed by atoms with E-state index in [0.717, 1.165) is 19.1 Å². The molecule has 0 bridgehead atoms. The summed E-state index contributed by atoms with van der Waals surface area (Å²) in [5.74, 6) is 2.75. The lowest BCUT2D eigenvalue weighted by atomic mass is 10.1. The molecule has 0 aromatic carbocycles. The molecule has 69 valence electrons. The Morgan fingerprint density at radius 2 is 1.75 bits per heavy atom. The largest absolute Gasteiger partial charge is 0.298 e. The van der Waals surface area contributed by atoms with Crippen molar-refractivity contribution in [2.45, 2.75) is 18.9 Å². The topological polar surface area (TPSA) is 17.3 Å². The summed E-state index contributed by atoms with van der Waals surface area (Å²) in [7, 11) is 0. The molecule has 2 nitrogen and oxygen atoms in total. The van der Waals surface area contributed by atoms with Gasteiger partial charge in [0.2, 0.25) is 0 Å². The third-order valence-electron chi connectivity index (χ3n) is 2.80. The zero-order valence-electron chi connectivity index (χ0n) is 7.54. The zero-order chi connectivity index (χ0) is 8.23. The van der Waals surface area contributed by atoms with E-state index in [0.29, 0.717) is 0 Å². The highest BCUT2D eigenvalue weighted by Crippen LogP contribution is 2.21. The Morgan fingerprint density at radius 1 is 1.08 bits per heavy atom. The first-order valence-electron chi connectivity index (χ1n) is 4.92. The highest BCUT2D eigenvalue weighted by Gasteiger charge is 2.22. The fourth-order valence-corrected chi connectivity index (χ4v) is 3.12. The molecule has 1 radical (unpaired) electrons. The molecule has 12 heavy (non-hydrogen) atoms. The third kappa shape index (κ3) is 2.15. The van der Waals surface area contributed by atoms with Crippen molar-refractivity contribution in [2.24, 2.45) is 0 Å². The SMILES string of the molecule is C1CN(C2CCSCC2)CC[N]1. The van der Waals surface area contributed by atoms with E-state index in [1.54, 1.807) is 0 Å². The van der Waals surface area contributed by atoms with Crippen molar-refractivity contribution in [1.82, 2.24) is 10.2 Å². The van der Waals surface area contributed by atoms with Crippen LogP contribution in [0.25, 0.3) is 0 Å². The van der Waals surface area contributed by atoms with Crippen LogP contribution in [-0.2, 0) is 0 Å². The van der Waals surface area contributed by atoms with Gasteiger partial charge < -0.3 is 0 Å². The summed E-state index contributed by atoms with van der Waals surface area (Å²) in [6.45, 7) is 4.58. The minimum atomic E-state index is 0.891. The average Bonchev–Trinajstić information content (AvgIpc) is 2.21. The van der Waals surface area contributed by atoms with Gasteiger partial charge in [-0.15, -0.1) is 0 Å². The van der Waals surface area contributed by atoms with Crippen LogP contribution in [0.3, 0.4) is 0 Å². The Hall–Kier alpha value is 0.270. The van der Waals surface area contributed by atoms with E-state index in [1.165, 1.54) is 37.4 Å². The first kappa shape index (κ1) is 8.85. The number of hydrogen-bond acceptors (Lipinski definition) is 2. The van der Waals surface area contributed by atoms with Crippen LogP contribution in [0.15, 0.2) is 0 Å². The van der Waals surface area contributed by atoms with E-state index in [2.05, 4.69) is 22.0 Å². The molecule has 2 aliphatic heterocycles. The number of hydrogen-bond donors (Lipinski definition) is 0. The molecule has 2 rings (SSSR count). The maximum atomic E-state index is 4.38. The van der Waals surface area contributed by atoms with Crippen LogP contribution in [0.5, 0.6) is 0 Å². The summed E-state index contributed by atoms with van der Waals surface area (Å²) in [6.07, 6.45) is 2.81. The summed E-state index contributed by atoms with van der Waals surface area (Å²) in [5, 5.41) is 4.38. The van der Waals surface area contributed by atoms with Crippen molar-refractivity contribution in [3.8, 4) is 0 Å². The van der Waals surface area contributed by atoms with Crippen LogP contribution in [0.2, 0.25) is 0 Å². The first-order chi connectivity index (χ1) is 5.97. The summed E-state index contributed by atoms with van der Waals surface area (Å²) in [6, 6.07) is 0.891. The van der Waals surface area contributed by atoms with Gasteiger partial charge >= 0.3 is 0 Å². The molecular weight excluding hydrogens is 168 g/mol. The van der Waals surface area contributed by atoms with Gasteiger partial charge in [0.05, 0.1) is 0 Å². The smallest absolute Gasteiger partial charge is 0.0261 e. The van der Waals surface area contributed by atoms with Crippen molar-refractivity contribution in [2.75, 3.05) is 37.7 Å². The van der Waals surface area contributed by atoms with Crippen LogP contribution in [-0.4, -0.2) is 48.6 Å². The van der Waals surface area contributed by atoms with Crippen LogP contribution in [0, 0.1) is 0 Å². The molecule has 2 aliphatic rings. The summed E-state index contributed by atoms with van der Waals surface area (Å²) >= 11 is 2.11. The highest BCUT2D eigenvalue weighted by atomic mass is 32.2. The molecule has 3 heteroatoms. The van der Waals surface area contributed by atoms with Gasteiger partial charge in [-0.05, 0) is 24.3 Å². The molecule has 0 saturated carbocycles. The molecule has 0 spiro atoms. The predicted octanol–water partition coefficient (Wildman–Crippen LogP) is 0.802. The van der Waals surface area contributed by atoms with Crippen LogP contribution in [0.1, 0.15) is 12.8 Å². The van der Waals surface area contributed by atoms with E-state index in [1.807, 2.05) is 0 Å². The van der Waals surface area contributed by atoms with E-state index < -0.39 is 0 Å². The van der Waals surface area contributed by atoms with Gasteiger partial charge in [-0.2, -0.15) is 11.8 Å². The molecule has 2 fully saturated rings. The van der Waals surface area contributed by atoms with Gasteiger partial charge in [0.25, 0.3) is 0 Å². The second-order valence-corrected chi connectivity index (χ2v) is 4.78. The maximum Gasteiger partial charge on any atom is 0.0261 e. The van der Waals surface area contributed by atoms with Crippen LogP contribution >= 0.6 is 11.8 Å². The molecule has 0 unspecified atom stereocenters. The molecule has 0 N–H and O–H groups in total. The van der Waals surface area contributed by atoms with Crippen molar-refractivity contribution < 1.29 is 0 Å². The molecule has 2 heterocycles. The monoisotopic (exact) mass is 185 g/mol. The molecule has 0 aromatic heterocycles. The minimum absolute atomic E-state index is 0.891. The number of nitrogens with zero attached hydrogens (tertiary/aromatic N) is 2. The molecule has 0 aliphatic carbocycles. The van der Waals surface area contributed by atoms with E-state index in [-0.39, 0.29) is 0 Å². The van der Waals surface area contributed by atoms with E-state index in [4.69, 9.17) is 0 Å². The predicted molar refractivity (Wildman–Crippen MR) is 53.8 cm³/mol. The Balaban J connectivity index is 1.80. The average molecular weight is 185 g/mol. The fourth-order valence-electron chi connectivity index (χ4n) is 2.04. The minimum Gasteiger partial charge on any atom is -0.298 e. The van der Waals surface area contributed by atoms with E-state index >= 15 is 0 Å². The van der Waals surface area contributed by atoms with Gasteiger partial charge in [-0.25, -0.2) is 5.32 Å². The summed E-state index contributed by atoms with van der Waals surface area (Å²) in [5.41, 5.74) is 0. The number of piperazine rings is 1. The lowest BCUT2D eigenvalue weighted by Crippen LogP contribution is -2.47. The molecule has 0 aromatic rings. The van der Waals surface area contributed by atoms with Crippen LogP contribution < -0.4 is 5.32 Å². The van der Waals surface area contributed by atoms with E-state index in [9.17, 15) is 0 Å². The molecular formula is C9H17N2S. The van der Waals surface area contributed by atoms with Crippen LogP contribution in [0.4, 0.5) is 0 Å². The summed E-state index contributed by atoms with van der Waals surface area (Å²) < 4.78 is 0. The molecule has 2 saturated heterocycles. The zero-order valence-corrected chi connectivity index (χ0v) is 8.35. The first-order valence-corrected chi connectivity index (χ1v) is 6.07. The standard InChI is InChI=1S/C9H17N2S/c1-7-12-8-2-9(1)11-5-3-10-4-6-11/h9H,1-8H2. The second-order valence-electron chi connectivity index (χ2n) is 3.55. The Morgan fingerprint density at radius 3 is 2.42 bits per heavy atom. The Labute approximate surface area is 79.1 Å². The van der Waals surface area contributed by atoms with Crippen molar-refractivity contribution in [1.29, 1.82) is 0 Å². The lowest BCUT2D eigenvalue weighted by molar-refractivity contribution is 0.162. The van der Waals surface area contributed by atoms with Crippen molar-refractivity contribution in [3.63, 3.8) is 0 Å². The summed E-state index contributed by atoms with van der Waals surface area (Å²) in [4.78, 5) is 2.65. The Bertz CT molecular complexity index is 112. The Kier molecular flexibility index (Phi) is 3.31. The van der Waals surface area contributed by atoms with Gasteiger partial charge in [-0.3, -0.25) is 4.90 Å². The third-order valence-corrected chi connectivity index (χ3v) is 3.85. The number of thioether (sulfide) groups is 1. The van der Waals surface area contributed by atoms with Crippen molar-refractivity contribution >= 4 is 11.8 Å². The number of rotatable bonds is 1. The van der Waals surface area contributed by atoms with Gasteiger partial charge in [-0.1, -0.05) is 0 Å². The van der Waals surface area contributed by atoms with Crippen molar-refractivity contribution in [3.05, 3.63) is 0 Å². The van der Waals surface area contributed by atoms with Gasteiger partial charge in [0.15, 0.2) is 0 Å². The quantitative estimate of drug-likeness (QED) is 0.601. The van der Waals surface area contributed by atoms with Gasteiger partial charge in [0, 0.05) is 32.2 Å². The highest BCUT2D eigenvalue weighted by molar-refractivity contribution is 7.99. The normalized spacial score (nSPS) is 29.0. The fraction of sp³-hybridized carbons (Fsp3) is 1.00. The second kappa shape index (κ2) is 4.49. The van der Waals surface area contributed by atoms with Gasteiger partial charge in [0.1, 0.15) is 0 Å². The lowest BCUT2D eigenvalue weighted by Gasteiger charge is -2.36. The molecule has 0 amide bonds. The maximum absolute atomic E-state index is 4.38.